The summed E-state index contributed by atoms with van der Waals surface area (Å²) in [5.41, 5.74) is 0.225. The molecule has 18 heavy (non-hydrogen) atoms. The number of nitro groups is 1. The lowest BCUT2D eigenvalue weighted by molar-refractivity contribution is -0.386. The topological polar surface area (TPSA) is 78.7 Å². The molecule has 0 bridgehead atoms. The Morgan fingerprint density at radius 1 is 1.56 bits per heavy atom. The maximum absolute atomic E-state index is 13.3. The second kappa shape index (κ2) is 5.95. The van der Waals surface area contributed by atoms with Gasteiger partial charge in [-0.15, -0.1) is 0 Å². The van der Waals surface area contributed by atoms with Crippen LogP contribution in [-0.2, 0) is 9.53 Å². The van der Waals surface area contributed by atoms with Crippen molar-refractivity contribution in [2.45, 2.75) is 20.2 Å². The molecule has 0 aromatic heterocycles. The SMILES string of the molecule is CCOC(=O)C(F)Oc1ccc(C)cc1[N+](=O)[O-]. The largest absolute Gasteiger partial charge is 0.461 e. The van der Waals surface area contributed by atoms with Crippen molar-refractivity contribution in [2.75, 3.05) is 6.61 Å². The van der Waals surface area contributed by atoms with Crippen molar-refractivity contribution < 1.29 is 23.6 Å². The van der Waals surface area contributed by atoms with Gasteiger partial charge in [-0.05, 0) is 25.5 Å². The summed E-state index contributed by atoms with van der Waals surface area (Å²) in [5.74, 6) is -1.53. The second-order valence-electron chi connectivity index (χ2n) is 3.41. The van der Waals surface area contributed by atoms with Crippen LogP contribution in [0.15, 0.2) is 18.2 Å². The number of rotatable bonds is 5. The van der Waals surface area contributed by atoms with Gasteiger partial charge in [-0.2, -0.15) is 4.39 Å². The number of hydrogen-bond acceptors (Lipinski definition) is 5. The number of ether oxygens (including phenoxy) is 2. The van der Waals surface area contributed by atoms with Gasteiger partial charge in [-0.3, -0.25) is 10.1 Å². The molecule has 6 nitrogen and oxygen atoms in total. The van der Waals surface area contributed by atoms with Gasteiger partial charge in [0.05, 0.1) is 11.5 Å². The lowest BCUT2D eigenvalue weighted by Crippen LogP contribution is -2.25. The molecule has 1 rings (SSSR count). The molecule has 0 saturated carbocycles. The molecule has 0 fully saturated rings. The van der Waals surface area contributed by atoms with Gasteiger partial charge in [0.2, 0.25) is 5.75 Å². The molecule has 98 valence electrons. The van der Waals surface area contributed by atoms with Crippen LogP contribution in [0.3, 0.4) is 0 Å². The summed E-state index contributed by atoms with van der Waals surface area (Å²) in [6.07, 6.45) is -2.38. The highest BCUT2D eigenvalue weighted by Crippen LogP contribution is 2.28. The molecule has 0 aliphatic rings. The van der Waals surface area contributed by atoms with Crippen LogP contribution in [0.5, 0.6) is 5.75 Å². The Morgan fingerprint density at radius 3 is 2.78 bits per heavy atom. The average molecular weight is 257 g/mol. The lowest BCUT2D eigenvalue weighted by Gasteiger charge is -2.10. The molecular weight excluding hydrogens is 245 g/mol. The zero-order valence-corrected chi connectivity index (χ0v) is 9.88. The van der Waals surface area contributed by atoms with E-state index in [-0.39, 0.29) is 12.4 Å². The van der Waals surface area contributed by atoms with Crippen molar-refractivity contribution in [3.05, 3.63) is 33.9 Å². The maximum atomic E-state index is 13.3. The van der Waals surface area contributed by atoms with Crippen LogP contribution in [0.1, 0.15) is 12.5 Å². The zero-order chi connectivity index (χ0) is 13.7. The third-order valence-corrected chi connectivity index (χ3v) is 2.01. The van der Waals surface area contributed by atoms with Crippen molar-refractivity contribution in [1.29, 1.82) is 0 Å². The number of carbonyl (C=O) groups excluding carboxylic acids is 1. The summed E-state index contributed by atoms with van der Waals surface area (Å²) < 4.78 is 22.3. The fourth-order valence-corrected chi connectivity index (χ4v) is 1.24. The molecule has 1 unspecified atom stereocenters. The third-order valence-electron chi connectivity index (χ3n) is 2.01. The number of esters is 1. The van der Waals surface area contributed by atoms with Gasteiger partial charge in [0.15, 0.2) is 0 Å². The van der Waals surface area contributed by atoms with Crippen molar-refractivity contribution >= 4 is 11.7 Å². The van der Waals surface area contributed by atoms with E-state index in [1.807, 2.05) is 0 Å². The smallest absolute Gasteiger partial charge is 0.381 e. The Kier molecular flexibility index (Phi) is 4.59. The number of nitro benzene ring substituents is 1. The van der Waals surface area contributed by atoms with Crippen LogP contribution in [0.25, 0.3) is 0 Å². The standard InChI is InChI=1S/C11H12FNO5/c1-3-17-11(14)10(12)18-9-5-4-7(2)6-8(9)13(15)16/h4-6,10H,3H2,1-2H3. The fourth-order valence-electron chi connectivity index (χ4n) is 1.24. The Bertz CT molecular complexity index is 463. The lowest BCUT2D eigenvalue weighted by atomic mass is 10.2. The van der Waals surface area contributed by atoms with Crippen LogP contribution in [-0.4, -0.2) is 23.9 Å². The van der Waals surface area contributed by atoms with Crippen LogP contribution < -0.4 is 4.74 Å². The first-order valence-corrected chi connectivity index (χ1v) is 5.18. The van der Waals surface area contributed by atoms with Gasteiger partial charge in [0, 0.05) is 6.07 Å². The number of halogens is 1. The minimum atomic E-state index is -2.38. The first-order chi connectivity index (χ1) is 8.45. The van der Waals surface area contributed by atoms with E-state index in [4.69, 9.17) is 0 Å². The van der Waals surface area contributed by atoms with Crippen molar-refractivity contribution in [2.24, 2.45) is 0 Å². The third kappa shape index (κ3) is 3.41. The summed E-state index contributed by atoms with van der Waals surface area (Å²) in [7, 11) is 0. The van der Waals surface area contributed by atoms with E-state index in [2.05, 4.69) is 9.47 Å². The Hall–Kier alpha value is -2.18. The highest BCUT2D eigenvalue weighted by molar-refractivity contribution is 5.73. The Labute approximate surface area is 102 Å². The number of hydrogen-bond donors (Lipinski definition) is 0. The molecule has 1 aromatic rings. The van der Waals surface area contributed by atoms with E-state index in [9.17, 15) is 19.3 Å². The van der Waals surface area contributed by atoms with Gasteiger partial charge in [0.25, 0.3) is 0 Å². The number of alkyl halides is 1. The van der Waals surface area contributed by atoms with Crippen LogP contribution in [0.2, 0.25) is 0 Å². The molecule has 0 aliphatic heterocycles. The van der Waals surface area contributed by atoms with Crippen molar-refractivity contribution in [3.63, 3.8) is 0 Å². The highest BCUT2D eigenvalue weighted by Gasteiger charge is 2.25. The molecular formula is C11H12FNO5. The van der Waals surface area contributed by atoms with E-state index in [0.29, 0.717) is 5.56 Å². The van der Waals surface area contributed by atoms with Gasteiger partial charge >= 0.3 is 18.0 Å². The quantitative estimate of drug-likeness (QED) is 0.458. The summed E-state index contributed by atoms with van der Waals surface area (Å²) in [6, 6.07) is 3.98. The molecule has 0 heterocycles. The highest BCUT2D eigenvalue weighted by atomic mass is 19.1. The zero-order valence-electron chi connectivity index (χ0n) is 9.88. The first-order valence-electron chi connectivity index (χ1n) is 5.18. The molecule has 0 amide bonds. The molecule has 1 atom stereocenters. The van der Waals surface area contributed by atoms with Gasteiger partial charge < -0.3 is 9.47 Å². The van der Waals surface area contributed by atoms with Crippen LogP contribution in [0.4, 0.5) is 10.1 Å². The average Bonchev–Trinajstić information content (AvgIpc) is 2.31. The molecule has 0 spiro atoms. The first kappa shape index (κ1) is 13.9. The predicted molar refractivity (Wildman–Crippen MR) is 60.0 cm³/mol. The molecule has 0 saturated heterocycles. The predicted octanol–water partition coefficient (Wildman–Crippen LogP) is 2.14. The van der Waals surface area contributed by atoms with Crippen LogP contribution in [0, 0.1) is 17.0 Å². The van der Waals surface area contributed by atoms with Gasteiger partial charge in [-0.25, -0.2) is 4.79 Å². The monoisotopic (exact) mass is 257 g/mol. The van der Waals surface area contributed by atoms with Crippen LogP contribution >= 0.6 is 0 Å². The number of aryl methyl sites for hydroxylation is 1. The molecule has 0 N–H and O–H groups in total. The Morgan fingerprint density at radius 2 is 2.22 bits per heavy atom. The number of nitrogens with zero attached hydrogens (tertiary/aromatic N) is 1. The molecule has 1 aromatic carbocycles. The second-order valence-corrected chi connectivity index (χ2v) is 3.41. The summed E-state index contributed by atoms with van der Waals surface area (Å²) in [5, 5.41) is 10.7. The minimum Gasteiger partial charge on any atom is -0.461 e. The summed E-state index contributed by atoms with van der Waals surface area (Å²) in [6.45, 7) is 3.16. The Balaban J connectivity index is 2.90. The van der Waals surface area contributed by atoms with E-state index in [0.717, 1.165) is 0 Å². The molecule has 0 aliphatic carbocycles. The molecule has 7 heteroatoms. The van der Waals surface area contributed by atoms with Gasteiger partial charge in [0.1, 0.15) is 0 Å². The van der Waals surface area contributed by atoms with E-state index in [1.165, 1.54) is 25.1 Å². The summed E-state index contributed by atoms with van der Waals surface area (Å²) >= 11 is 0. The summed E-state index contributed by atoms with van der Waals surface area (Å²) in [4.78, 5) is 21.0. The maximum Gasteiger partial charge on any atom is 0.381 e. The van der Waals surface area contributed by atoms with Crippen molar-refractivity contribution in [1.82, 2.24) is 0 Å². The minimum absolute atomic E-state index is 0.00138. The van der Waals surface area contributed by atoms with E-state index in [1.54, 1.807) is 6.92 Å². The number of carbonyl (C=O) groups is 1. The number of benzene rings is 1. The van der Waals surface area contributed by atoms with E-state index < -0.39 is 22.9 Å². The normalized spacial score (nSPS) is 11.7. The van der Waals surface area contributed by atoms with Gasteiger partial charge in [-0.1, -0.05) is 6.07 Å². The fraction of sp³-hybridized carbons (Fsp3) is 0.364. The van der Waals surface area contributed by atoms with E-state index >= 15 is 0 Å². The van der Waals surface area contributed by atoms with Crippen molar-refractivity contribution in [3.8, 4) is 5.75 Å². The molecule has 0 radical (unpaired) electrons.